The average molecular weight is 341 g/mol. The first-order chi connectivity index (χ1) is 12.1. The molecule has 3 rings (SSSR count). The van der Waals surface area contributed by atoms with E-state index in [1.165, 1.54) is 36.1 Å². The molecule has 2 heterocycles. The highest BCUT2D eigenvalue weighted by molar-refractivity contribution is 6.02. The van der Waals surface area contributed by atoms with E-state index in [0.717, 1.165) is 31.1 Å². The lowest BCUT2D eigenvalue weighted by atomic mass is 9.77. The molecule has 0 amide bonds. The minimum atomic E-state index is 0.241. The average Bonchev–Trinajstić information content (AvgIpc) is 2.57. The molecule has 0 radical (unpaired) electrons. The molecule has 0 aromatic heterocycles. The Bertz CT molecular complexity index is 647. The monoisotopic (exact) mass is 340 g/mol. The lowest BCUT2D eigenvalue weighted by Crippen LogP contribution is -2.34. The fourth-order valence-electron chi connectivity index (χ4n) is 3.89. The van der Waals surface area contributed by atoms with Crippen molar-refractivity contribution in [1.82, 2.24) is 15.5 Å². The highest BCUT2D eigenvalue weighted by Crippen LogP contribution is 2.37. The minimum Gasteiger partial charge on any atom is -0.385 e. The molecule has 0 spiro atoms. The van der Waals surface area contributed by atoms with Gasteiger partial charge in [0.1, 0.15) is 0 Å². The van der Waals surface area contributed by atoms with Crippen LogP contribution in [0.3, 0.4) is 0 Å². The van der Waals surface area contributed by atoms with Crippen LogP contribution in [-0.2, 0) is 0 Å². The first-order valence-electron chi connectivity index (χ1n) is 9.59. The Labute approximate surface area is 152 Å². The Hall–Kier alpha value is -1.81. The molecule has 1 fully saturated rings. The van der Waals surface area contributed by atoms with E-state index in [2.05, 4.69) is 59.8 Å². The third-order valence-corrected chi connectivity index (χ3v) is 5.75. The van der Waals surface area contributed by atoms with Crippen molar-refractivity contribution >= 4 is 5.71 Å². The van der Waals surface area contributed by atoms with E-state index in [0.29, 0.717) is 0 Å². The van der Waals surface area contributed by atoms with Crippen molar-refractivity contribution in [3.05, 3.63) is 47.0 Å². The molecule has 4 nitrogen and oxygen atoms in total. The number of nitrogens with zero attached hydrogens (tertiary/aromatic N) is 2. The van der Waals surface area contributed by atoms with Crippen molar-refractivity contribution in [2.45, 2.75) is 45.6 Å². The van der Waals surface area contributed by atoms with Crippen LogP contribution in [0.4, 0.5) is 0 Å². The van der Waals surface area contributed by atoms with Crippen LogP contribution in [0.15, 0.2) is 52.0 Å². The van der Waals surface area contributed by atoms with Crippen LogP contribution >= 0.6 is 0 Å². The van der Waals surface area contributed by atoms with Crippen LogP contribution in [0.5, 0.6) is 0 Å². The molecule has 1 unspecified atom stereocenters. The van der Waals surface area contributed by atoms with E-state index >= 15 is 0 Å². The van der Waals surface area contributed by atoms with Crippen LogP contribution in [-0.4, -0.2) is 43.8 Å². The van der Waals surface area contributed by atoms with Crippen LogP contribution in [0, 0.1) is 5.92 Å². The number of nitrogens with one attached hydrogen (secondary N) is 2. The highest BCUT2D eigenvalue weighted by atomic mass is 15.1. The van der Waals surface area contributed by atoms with Gasteiger partial charge in [0, 0.05) is 43.0 Å². The molecule has 0 bridgehead atoms. The molecule has 25 heavy (non-hydrogen) atoms. The van der Waals surface area contributed by atoms with Gasteiger partial charge in [-0.15, -0.1) is 0 Å². The molecular formula is C21H32N4. The third-order valence-electron chi connectivity index (χ3n) is 5.75. The molecule has 4 heteroatoms. The van der Waals surface area contributed by atoms with Crippen molar-refractivity contribution in [2.24, 2.45) is 10.9 Å². The fraction of sp³-hybridized carbons (Fsp3) is 0.571. The van der Waals surface area contributed by atoms with E-state index in [-0.39, 0.29) is 6.04 Å². The summed E-state index contributed by atoms with van der Waals surface area (Å²) >= 11 is 0. The molecule has 1 atom stereocenters. The van der Waals surface area contributed by atoms with Crippen molar-refractivity contribution in [3.8, 4) is 0 Å². The summed E-state index contributed by atoms with van der Waals surface area (Å²) in [6.07, 6.45) is 13.6. The quantitative estimate of drug-likeness (QED) is 0.779. The second-order valence-electron chi connectivity index (χ2n) is 7.35. The van der Waals surface area contributed by atoms with Crippen LogP contribution in [0.2, 0.25) is 0 Å². The minimum absolute atomic E-state index is 0.241. The van der Waals surface area contributed by atoms with E-state index in [1.807, 2.05) is 13.2 Å². The number of allylic oxidation sites excluding steroid dienone is 2. The molecule has 136 valence electrons. The molecule has 0 saturated heterocycles. The van der Waals surface area contributed by atoms with Crippen LogP contribution in [0.1, 0.15) is 39.5 Å². The zero-order valence-corrected chi connectivity index (χ0v) is 16.1. The van der Waals surface area contributed by atoms with Gasteiger partial charge in [0.25, 0.3) is 0 Å². The molecule has 2 aliphatic heterocycles. The number of hydrogen-bond donors (Lipinski definition) is 2. The summed E-state index contributed by atoms with van der Waals surface area (Å²) in [4.78, 5) is 6.92. The van der Waals surface area contributed by atoms with E-state index < -0.39 is 0 Å². The summed E-state index contributed by atoms with van der Waals surface area (Å²) in [5.41, 5.74) is 6.90. The second-order valence-corrected chi connectivity index (χ2v) is 7.35. The zero-order valence-electron chi connectivity index (χ0n) is 16.1. The van der Waals surface area contributed by atoms with Crippen LogP contribution < -0.4 is 10.6 Å². The van der Waals surface area contributed by atoms with Gasteiger partial charge in [-0.2, -0.15) is 0 Å². The van der Waals surface area contributed by atoms with Crippen LogP contribution in [0.25, 0.3) is 0 Å². The number of hydrogen-bond acceptors (Lipinski definition) is 4. The van der Waals surface area contributed by atoms with Crippen molar-refractivity contribution in [1.29, 1.82) is 0 Å². The van der Waals surface area contributed by atoms with E-state index in [9.17, 15) is 0 Å². The van der Waals surface area contributed by atoms with Crippen molar-refractivity contribution in [2.75, 3.05) is 27.2 Å². The Kier molecular flexibility index (Phi) is 5.79. The normalized spacial score (nSPS) is 25.8. The maximum Gasteiger partial charge on any atom is 0.0554 e. The summed E-state index contributed by atoms with van der Waals surface area (Å²) in [6.45, 7) is 6.38. The third kappa shape index (κ3) is 3.90. The highest BCUT2D eigenvalue weighted by Gasteiger charge is 2.26. The number of likely N-dealkylation sites (N-methyl/N-ethyl adjacent to an activating group) is 2. The van der Waals surface area contributed by atoms with E-state index in [1.54, 1.807) is 5.57 Å². The summed E-state index contributed by atoms with van der Waals surface area (Å²) in [5.74, 6) is 0.837. The van der Waals surface area contributed by atoms with Gasteiger partial charge in [0.2, 0.25) is 0 Å². The standard InChI is InChI=1S/C21H32N4/c1-5-20-18(21(22-3)9-10-24-20)13-23-12-17-11-15(2)19(14-25(17)4)16-7-6-8-16/h9-11,13,16,21-23H,5-8,12,14H2,1-4H3/b18-13-. The van der Waals surface area contributed by atoms with Gasteiger partial charge in [-0.05, 0) is 62.5 Å². The van der Waals surface area contributed by atoms with Crippen molar-refractivity contribution in [3.63, 3.8) is 0 Å². The van der Waals surface area contributed by atoms with Crippen molar-refractivity contribution < 1.29 is 0 Å². The Morgan fingerprint density at radius 2 is 2.16 bits per heavy atom. The molecular weight excluding hydrogens is 308 g/mol. The lowest BCUT2D eigenvalue weighted by Gasteiger charge is -2.36. The molecule has 1 aliphatic carbocycles. The van der Waals surface area contributed by atoms with E-state index in [4.69, 9.17) is 0 Å². The zero-order chi connectivity index (χ0) is 17.8. The Morgan fingerprint density at radius 1 is 1.36 bits per heavy atom. The summed E-state index contributed by atoms with van der Waals surface area (Å²) in [7, 11) is 4.21. The predicted molar refractivity (Wildman–Crippen MR) is 107 cm³/mol. The number of rotatable bonds is 6. The molecule has 0 aromatic rings. The van der Waals surface area contributed by atoms with Gasteiger partial charge < -0.3 is 15.5 Å². The first-order valence-corrected chi connectivity index (χ1v) is 9.59. The second kappa shape index (κ2) is 8.05. The van der Waals surface area contributed by atoms with Gasteiger partial charge in [-0.25, -0.2) is 0 Å². The van der Waals surface area contributed by atoms with Gasteiger partial charge in [0.15, 0.2) is 0 Å². The summed E-state index contributed by atoms with van der Waals surface area (Å²) < 4.78 is 0. The Balaban J connectivity index is 1.67. The summed E-state index contributed by atoms with van der Waals surface area (Å²) in [6, 6.07) is 0.241. The van der Waals surface area contributed by atoms with Gasteiger partial charge in [-0.1, -0.05) is 13.3 Å². The fourth-order valence-corrected chi connectivity index (χ4v) is 3.89. The maximum atomic E-state index is 4.52. The van der Waals surface area contributed by atoms with Gasteiger partial charge in [-0.3, -0.25) is 4.99 Å². The lowest BCUT2D eigenvalue weighted by molar-refractivity contribution is 0.324. The van der Waals surface area contributed by atoms with Gasteiger partial charge >= 0.3 is 0 Å². The first kappa shape index (κ1) is 18.0. The largest absolute Gasteiger partial charge is 0.385 e. The molecule has 2 N–H and O–H groups in total. The van der Waals surface area contributed by atoms with Gasteiger partial charge in [0.05, 0.1) is 12.6 Å². The smallest absolute Gasteiger partial charge is 0.0554 e. The molecule has 3 aliphatic rings. The predicted octanol–water partition coefficient (Wildman–Crippen LogP) is 3.37. The maximum absolute atomic E-state index is 4.52. The summed E-state index contributed by atoms with van der Waals surface area (Å²) in [5, 5.41) is 6.87. The SMILES string of the molecule is CCC1=NC=CC(NC)/C1=C\NCC1=CC(C)=C(C2CCC2)CN1C. The topological polar surface area (TPSA) is 39.7 Å². The molecule has 0 aromatic carbocycles. The Morgan fingerprint density at radius 3 is 2.80 bits per heavy atom. The number of aliphatic imine (C=N–C) groups is 1. The molecule has 1 saturated carbocycles.